The van der Waals surface area contributed by atoms with E-state index in [0.29, 0.717) is 6.54 Å². The Balaban J connectivity index is 2.01. The van der Waals surface area contributed by atoms with Gasteiger partial charge < -0.3 is 10.4 Å². The van der Waals surface area contributed by atoms with E-state index in [9.17, 15) is 0 Å². The summed E-state index contributed by atoms with van der Waals surface area (Å²) >= 11 is 0. The lowest BCUT2D eigenvalue weighted by molar-refractivity contribution is 0.251. The van der Waals surface area contributed by atoms with Crippen molar-refractivity contribution in [2.24, 2.45) is 0 Å². The Morgan fingerprint density at radius 2 is 2.12 bits per heavy atom. The quantitative estimate of drug-likeness (QED) is 0.816. The third kappa shape index (κ3) is 3.15. The summed E-state index contributed by atoms with van der Waals surface area (Å²) in [6.07, 6.45) is 3.83. The minimum absolute atomic E-state index is 0.107. The summed E-state index contributed by atoms with van der Waals surface area (Å²) in [6.45, 7) is 2.81. The van der Waals surface area contributed by atoms with E-state index in [-0.39, 0.29) is 12.6 Å². The first-order valence-electron chi connectivity index (χ1n) is 5.73. The molecule has 4 heteroatoms. The van der Waals surface area contributed by atoms with Gasteiger partial charge in [0, 0.05) is 24.3 Å². The number of aliphatic hydroxyl groups is 1. The van der Waals surface area contributed by atoms with Crippen LogP contribution in [-0.4, -0.2) is 27.5 Å². The lowest BCUT2D eigenvalue weighted by Crippen LogP contribution is -2.28. The molecule has 90 valence electrons. The summed E-state index contributed by atoms with van der Waals surface area (Å²) in [4.78, 5) is 0. The lowest BCUT2D eigenvalue weighted by atomic mass is 10.3. The van der Waals surface area contributed by atoms with Crippen LogP contribution in [0, 0.1) is 0 Å². The Morgan fingerprint density at radius 1 is 1.35 bits per heavy atom. The highest BCUT2D eigenvalue weighted by molar-refractivity contribution is 5.30. The summed E-state index contributed by atoms with van der Waals surface area (Å²) in [5, 5.41) is 16.4. The summed E-state index contributed by atoms with van der Waals surface area (Å²) in [6, 6.07) is 10.1. The topological polar surface area (TPSA) is 50.1 Å². The minimum Gasteiger partial charge on any atom is -0.395 e. The zero-order valence-corrected chi connectivity index (χ0v) is 9.87. The van der Waals surface area contributed by atoms with Gasteiger partial charge in [-0.25, -0.2) is 4.68 Å². The fraction of sp³-hybridized carbons (Fsp3) is 0.308. The van der Waals surface area contributed by atoms with E-state index in [1.54, 1.807) is 0 Å². The zero-order chi connectivity index (χ0) is 12.1. The lowest BCUT2D eigenvalue weighted by Gasteiger charge is -2.08. The van der Waals surface area contributed by atoms with Crippen molar-refractivity contribution in [2.45, 2.75) is 19.5 Å². The number of benzene rings is 1. The first-order valence-corrected chi connectivity index (χ1v) is 5.73. The van der Waals surface area contributed by atoms with Crippen molar-refractivity contribution < 1.29 is 5.11 Å². The van der Waals surface area contributed by atoms with Crippen molar-refractivity contribution in [1.29, 1.82) is 0 Å². The molecule has 0 aliphatic rings. The van der Waals surface area contributed by atoms with Gasteiger partial charge in [0.1, 0.15) is 0 Å². The average Bonchev–Trinajstić information content (AvgIpc) is 2.86. The minimum atomic E-state index is 0.107. The smallest absolute Gasteiger partial charge is 0.0645 e. The van der Waals surface area contributed by atoms with Crippen LogP contribution in [0.15, 0.2) is 42.7 Å². The van der Waals surface area contributed by atoms with E-state index in [0.717, 1.165) is 11.3 Å². The number of aromatic nitrogens is 2. The second-order valence-electron chi connectivity index (χ2n) is 4.09. The van der Waals surface area contributed by atoms with Crippen LogP contribution in [0.4, 0.5) is 0 Å². The maximum Gasteiger partial charge on any atom is 0.0645 e. The molecule has 2 rings (SSSR count). The second kappa shape index (κ2) is 5.61. The van der Waals surface area contributed by atoms with Crippen molar-refractivity contribution in [1.82, 2.24) is 15.1 Å². The van der Waals surface area contributed by atoms with Crippen molar-refractivity contribution in [3.63, 3.8) is 0 Å². The summed E-state index contributed by atoms with van der Waals surface area (Å²) < 4.78 is 1.85. The third-order valence-electron chi connectivity index (χ3n) is 2.59. The highest BCUT2D eigenvalue weighted by Crippen LogP contribution is 2.07. The molecule has 0 aliphatic heterocycles. The Kier molecular flexibility index (Phi) is 3.90. The van der Waals surface area contributed by atoms with E-state index < -0.39 is 0 Å². The number of aliphatic hydroxyl groups excluding tert-OH is 1. The summed E-state index contributed by atoms with van der Waals surface area (Å²) in [7, 11) is 0. The van der Waals surface area contributed by atoms with Crippen molar-refractivity contribution in [3.05, 3.63) is 48.3 Å². The molecular weight excluding hydrogens is 214 g/mol. The Morgan fingerprint density at radius 3 is 2.82 bits per heavy atom. The fourth-order valence-corrected chi connectivity index (χ4v) is 1.53. The molecule has 0 saturated heterocycles. The number of nitrogens with one attached hydrogen (secondary N) is 1. The first kappa shape index (κ1) is 11.8. The Labute approximate surface area is 101 Å². The Bertz CT molecular complexity index is 453. The third-order valence-corrected chi connectivity index (χ3v) is 2.59. The number of nitrogens with zero attached hydrogens (tertiary/aromatic N) is 2. The van der Waals surface area contributed by atoms with Gasteiger partial charge in [-0.05, 0) is 19.1 Å². The standard InChI is InChI=1S/C13H17N3O/c1-11(10-17)14-7-12-8-15-16(9-12)13-5-3-2-4-6-13/h2-6,8-9,11,14,17H,7,10H2,1H3. The average molecular weight is 231 g/mol. The van der Waals surface area contributed by atoms with E-state index in [1.807, 2.05) is 54.3 Å². The monoisotopic (exact) mass is 231 g/mol. The predicted molar refractivity (Wildman–Crippen MR) is 67.0 cm³/mol. The maximum atomic E-state index is 8.91. The molecule has 1 unspecified atom stereocenters. The normalized spacial score (nSPS) is 12.6. The molecule has 0 spiro atoms. The number of rotatable bonds is 5. The maximum absolute atomic E-state index is 8.91. The van der Waals surface area contributed by atoms with Crippen LogP contribution in [0.1, 0.15) is 12.5 Å². The van der Waals surface area contributed by atoms with Gasteiger partial charge in [0.25, 0.3) is 0 Å². The number of para-hydroxylation sites is 1. The highest BCUT2D eigenvalue weighted by Gasteiger charge is 2.02. The van der Waals surface area contributed by atoms with E-state index in [1.165, 1.54) is 0 Å². The van der Waals surface area contributed by atoms with Gasteiger partial charge in [0.05, 0.1) is 18.5 Å². The fourth-order valence-electron chi connectivity index (χ4n) is 1.53. The Hall–Kier alpha value is -1.65. The van der Waals surface area contributed by atoms with Crippen molar-refractivity contribution in [3.8, 4) is 5.69 Å². The molecule has 17 heavy (non-hydrogen) atoms. The van der Waals surface area contributed by atoms with Crippen LogP contribution in [-0.2, 0) is 6.54 Å². The van der Waals surface area contributed by atoms with Gasteiger partial charge in [-0.15, -0.1) is 0 Å². The summed E-state index contributed by atoms with van der Waals surface area (Å²) in [5.41, 5.74) is 2.16. The molecule has 1 atom stereocenters. The van der Waals surface area contributed by atoms with Crippen LogP contribution < -0.4 is 5.32 Å². The largest absolute Gasteiger partial charge is 0.395 e. The van der Waals surface area contributed by atoms with Gasteiger partial charge in [0.2, 0.25) is 0 Å². The summed E-state index contributed by atoms with van der Waals surface area (Å²) in [5.74, 6) is 0. The second-order valence-corrected chi connectivity index (χ2v) is 4.09. The van der Waals surface area contributed by atoms with E-state index in [4.69, 9.17) is 5.11 Å². The first-order chi connectivity index (χ1) is 8.29. The number of hydrogen-bond acceptors (Lipinski definition) is 3. The number of hydrogen-bond donors (Lipinski definition) is 2. The SMILES string of the molecule is CC(CO)NCc1cnn(-c2ccccc2)c1. The van der Waals surface area contributed by atoms with E-state index >= 15 is 0 Å². The molecule has 0 fully saturated rings. The molecule has 4 nitrogen and oxygen atoms in total. The highest BCUT2D eigenvalue weighted by atomic mass is 16.3. The van der Waals surface area contributed by atoms with Gasteiger partial charge in [-0.2, -0.15) is 5.10 Å². The molecule has 1 heterocycles. The molecule has 1 aromatic carbocycles. The molecule has 0 aliphatic carbocycles. The van der Waals surface area contributed by atoms with Gasteiger partial charge in [-0.1, -0.05) is 18.2 Å². The van der Waals surface area contributed by atoms with Crippen LogP contribution in [0.2, 0.25) is 0 Å². The molecule has 0 bridgehead atoms. The molecular formula is C13H17N3O. The predicted octanol–water partition coefficient (Wildman–Crippen LogP) is 1.34. The van der Waals surface area contributed by atoms with Crippen LogP contribution in [0.3, 0.4) is 0 Å². The molecule has 2 aromatic rings. The van der Waals surface area contributed by atoms with Crippen molar-refractivity contribution >= 4 is 0 Å². The van der Waals surface area contributed by atoms with Gasteiger partial charge in [0.15, 0.2) is 0 Å². The van der Waals surface area contributed by atoms with Crippen LogP contribution in [0.5, 0.6) is 0 Å². The zero-order valence-electron chi connectivity index (χ0n) is 9.87. The van der Waals surface area contributed by atoms with E-state index in [2.05, 4.69) is 10.4 Å². The molecule has 2 N–H and O–H groups in total. The van der Waals surface area contributed by atoms with Crippen LogP contribution in [0.25, 0.3) is 5.69 Å². The van der Waals surface area contributed by atoms with Crippen LogP contribution >= 0.6 is 0 Å². The van der Waals surface area contributed by atoms with Crippen molar-refractivity contribution in [2.75, 3.05) is 6.61 Å². The van der Waals surface area contributed by atoms with Gasteiger partial charge in [-0.3, -0.25) is 0 Å². The molecule has 0 radical (unpaired) electrons. The molecule has 0 saturated carbocycles. The molecule has 1 aromatic heterocycles. The van der Waals surface area contributed by atoms with Gasteiger partial charge >= 0.3 is 0 Å². The molecule has 0 amide bonds.